The number of carbonyl (C=O) groups excluding carboxylic acids is 2. The molecule has 1 aromatic heterocycles. The number of rotatable bonds is 9. The number of ketones is 1. The molecule has 176 valence electrons. The van der Waals surface area contributed by atoms with Gasteiger partial charge in [-0.15, -0.1) is 0 Å². The molecule has 1 aromatic carbocycles. The summed E-state index contributed by atoms with van der Waals surface area (Å²) in [5, 5.41) is 10.8. The van der Waals surface area contributed by atoms with Gasteiger partial charge in [0.2, 0.25) is 5.78 Å². The maximum absolute atomic E-state index is 13.3. The Bertz CT molecular complexity index is 1040. The molecule has 2 aliphatic rings. The number of hydrogen-bond donors (Lipinski definition) is 1. The van der Waals surface area contributed by atoms with Crippen LogP contribution in [0.1, 0.15) is 41.3 Å². The molecule has 8 heteroatoms. The average molecular weight is 455 g/mol. The second-order valence-corrected chi connectivity index (χ2v) is 8.22. The van der Waals surface area contributed by atoms with Gasteiger partial charge in [-0.25, -0.2) is 0 Å². The van der Waals surface area contributed by atoms with E-state index >= 15 is 0 Å². The van der Waals surface area contributed by atoms with Crippen LogP contribution in [0.3, 0.4) is 0 Å². The zero-order valence-electron chi connectivity index (χ0n) is 19.1. The molecule has 33 heavy (non-hydrogen) atoms. The molecular formula is C25H30N2O6. The second kappa shape index (κ2) is 10.2. The standard InChI is InChI=1S/C25H30N2O6/c1-3-32-19-7-4-6-18(16-19)22-21(23(28)20-9-8-17(2)33-20)24(29)25(30)27(22)11-5-10-26-12-14-31-15-13-26/h4,6-9,16,22,29H,3,5,10-15H2,1-2H3. The number of morpholine rings is 1. The summed E-state index contributed by atoms with van der Waals surface area (Å²) in [5.41, 5.74) is 0.741. The Morgan fingerprint density at radius 2 is 1.97 bits per heavy atom. The van der Waals surface area contributed by atoms with Gasteiger partial charge < -0.3 is 23.9 Å². The Hall–Kier alpha value is -3.10. The minimum atomic E-state index is -0.722. The molecule has 1 N–H and O–H groups in total. The van der Waals surface area contributed by atoms with Crippen LogP contribution in [-0.2, 0) is 9.53 Å². The van der Waals surface area contributed by atoms with E-state index in [0.717, 1.165) is 19.6 Å². The van der Waals surface area contributed by atoms with Crippen LogP contribution in [0.15, 0.2) is 52.1 Å². The molecule has 1 saturated heterocycles. The summed E-state index contributed by atoms with van der Waals surface area (Å²) in [6.07, 6.45) is 0.710. The van der Waals surface area contributed by atoms with Gasteiger partial charge in [0.1, 0.15) is 11.5 Å². The zero-order valence-corrected chi connectivity index (χ0v) is 19.1. The Balaban J connectivity index is 1.63. The smallest absolute Gasteiger partial charge is 0.290 e. The molecule has 1 amide bonds. The molecule has 1 atom stereocenters. The SMILES string of the molecule is CCOc1cccc(C2C(C(=O)c3ccc(C)o3)=C(O)C(=O)N2CCCN2CCOCC2)c1. The maximum Gasteiger partial charge on any atom is 0.290 e. The van der Waals surface area contributed by atoms with Gasteiger partial charge in [-0.05, 0) is 50.1 Å². The lowest BCUT2D eigenvalue weighted by Crippen LogP contribution is -2.39. The van der Waals surface area contributed by atoms with E-state index in [-0.39, 0.29) is 11.3 Å². The normalized spacial score (nSPS) is 19.4. The molecule has 2 aromatic rings. The lowest BCUT2D eigenvalue weighted by molar-refractivity contribution is -0.129. The molecule has 0 bridgehead atoms. The fraction of sp³-hybridized carbons (Fsp3) is 0.440. The highest BCUT2D eigenvalue weighted by Crippen LogP contribution is 2.40. The van der Waals surface area contributed by atoms with Gasteiger partial charge in [-0.1, -0.05) is 12.1 Å². The van der Waals surface area contributed by atoms with Gasteiger partial charge in [0.05, 0.1) is 31.4 Å². The van der Waals surface area contributed by atoms with E-state index in [0.29, 0.717) is 49.9 Å². The topological polar surface area (TPSA) is 92.5 Å². The first-order valence-electron chi connectivity index (χ1n) is 11.4. The fourth-order valence-corrected chi connectivity index (χ4v) is 4.38. The van der Waals surface area contributed by atoms with Crippen LogP contribution in [-0.4, -0.2) is 72.6 Å². The molecule has 0 spiro atoms. The number of furan rings is 1. The Morgan fingerprint density at radius 1 is 1.18 bits per heavy atom. The zero-order chi connectivity index (χ0) is 23.4. The van der Waals surface area contributed by atoms with Gasteiger partial charge in [0.15, 0.2) is 11.5 Å². The molecule has 1 fully saturated rings. The quantitative estimate of drug-likeness (QED) is 0.581. The van der Waals surface area contributed by atoms with Gasteiger partial charge in [-0.2, -0.15) is 0 Å². The van der Waals surface area contributed by atoms with Gasteiger partial charge in [0.25, 0.3) is 5.91 Å². The monoisotopic (exact) mass is 454 g/mol. The number of benzene rings is 1. The number of aliphatic hydroxyl groups is 1. The summed E-state index contributed by atoms with van der Waals surface area (Å²) in [4.78, 5) is 30.3. The Morgan fingerprint density at radius 3 is 2.67 bits per heavy atom. The highest BCUT2D eigenvalue weighted by Gasteiger charge is 2.44. The van der Waals surface area contributed by atoms with E-state index in [4.69, 9.17) is 13.9 Å². The van der Waals surface area contributed by atoms with Crippen LogP contribution in [0, 0.1) is 6.92 Å². The van der Waals surface area contributed by atoms with Gasteiger partial charge in [0, 0.05) is 26.2 Å². The van der Waals surface area contributed by atoms with E-state index in [2.05, 4.69) is 4.90 Å². The van der Waals surface area contributed by atoms with E-state index in [9.17, 15) is 14.7 Å². The van der Waals surface area contributed by atoms with Crippen LogP contribution in [0.25, 0.3) is 0 Å². The third-order valence-corrected chi connectivity index (χ3v) is 5.97. The maximum atomic E-state index is 13.3. The van der Waals surface area contributed by atoms with Crippen molar-refractivity contribution >= 4 is 11.7 Å². The first kappa shape index (κ1) is 23.1. The summed E-state index contributed by atoms with van der Waals surface area (Å²) in [7, 11) is 0. The average Bonchev–Trinajstić information content (AvgIpc) is 3.36. The van der Waals surface area contributed by atoms with Crippen molar-refractivity contribution in [3.05, 3.63) is 64.8 Å². The predicted molar refractivity (Wildman–Crippen MR) is 121 cm³/mol. The van der Waals surface area contributed by atoms with E-state index in [1.54, 1.807) is 24.0 Å². The van der Waals surface area contributed by atoms with Crippen molar-refractivity contribution in [2.24, 2.45) is 0 Å². The summed E-state index contributed by atoms with van der Waals surface area (Å²) in [6.45, 7) is 8.47. The lowest BCUT2D eigenvalue weighted by atomic mass is 9.95. The van der Waals surface area contributed by atoms with Crippen molar-refractivity contribution in [3.8, 4) is 5.75 Å². The number of Topliss-reactive ketones (excluding diaryl/α,β-unsaturated/α-hetero) is 1. The Kier molecular flexibility index (Phi) is 7.15. The molecule has 4 rings (SSSR count). The third kappa shape index (κ3) is 4.96. The van der Waals surface area contributed by atoms with Crippen LogP contribution in [0.4, 0.5) is 0 Å². The fourth-order valence-electron chi connectivity index (χ4n) is 4.38. The first-order chi connectivity index (χ1) is 16.0. The van der Waals surface area contributed by atoms with Crippen LogP contribution in [0.5, 0.6) is 5.75 Å². The minimum absolute atomic E-state index is 0.0365. The number of amides is 1. The molecule has 0 radical (unpaired) electrons. The molecule has 0 saturated carbocycles. The summed E-state index contributed by atoms with van der Waals surface area (Å²) >= 11 is 0. The molecule has 2 aliphatic heterocycles. The van der Waals surface area contributed by atoms with Crippen molar-refractivity contribution in [1.29, 1.82) is 0 Å². The molecule has 0 aliphatic carbocycles. The highest BCUT2D eigenvalue weighted by atomic mass is 16.5. The minimum Gasteiger partial charge on any atom is -0.503 e. The van der Waals surface area contributed by atoms with Crippen LogP contribution < -0.4 is 4.74 Å². The van der Waals surface area contributed by atoms with Gasteiger partial charge >= 0.3 is 0 Å². The van der Waals surface area contributed by atoms with E-state index in [1.807, 2.05) is 31.2 Å². The summed E-state index contributed by atoms with van der Waals surface area (Å²) in [6, 6.07) is 9.84. The van der Waals surface area contributed by atoms with Crippen LogP contribution in [0.2, 0.25) is 0 Å². The van der Waals surface area contributed by atoms with E-state index < -0.39 is 23.5 Å². The Labute approximate surface area is 193 Å². The molecule has 3 heterocycles. The van der Waals surface area contributed by atoms with Crippen molar-refractivity contribution < 1.29 is 28.6 Å². The molecule has 1 unspecified atom stereocenters. The third-order valence-electron chi connectivity index (χ3n) is 5.97. The highest BCUT2D eigenvalue weighted by molar-refractivity contribution is 6.15. The summed E-state index contributed by atoms with van der Waals surface area (Å²) in [5.74, 6) is -0.232. The number of hydrogen-bond acceptors (Lipinski definition) is 7. The van der Waals surface area contributed by atoms with Crippen molar-refractivity contribution in [2.75, 3.05) is 46.0 Å². The molecule has 8 nitrogen and oxygen atoms in total. The van der Waals surface area contributed by atoms with E-state index in [1.165, 1.54) is 0 Å². The second-order valence-electron chi connectivity index (χ2n) is 8.22. The number of aliphatic hydroxyl groups excluding tert-OH is 1. The van der Waals surface area contributed by atoms with Crippen molar-refractivity contribution in [1.82, 2.24) is 9.80 Å². The van der Waals surface area contributed by atoms with Crippen LogP contribution >= 0.6 is 0 Å². The largest absolute Gasteiger partial charge is 0.503 e. The predicted octanol–water partition coefficient (Wildman–Crippen LogP) is 3.29. The number of ether oxygens (including phenoxy) is 2. The molecular weight excluding hydrogens is 424 g/mol. The summed E-state index contributed by atoms with van der Waals surface area (Å²) < 4.78 is 16.5. The van der Waals surface area contributed by atoms with Crippen molar-refractivity contribution in [2.45, 2.75) is 26.3 Å². The number of carbonyl (C=O) groups is 2. The van der Waals surface area contributed by atoms with Crippen molar-refractivity contribution in [3.63, 3.8) is 0 Å². The lowest BCUT2D eigenvalue weighted by Gasteiger charge is -2.30. The van der Waals surface area contributed by atoms with Gasteiger partial charge in [-0.3, -0.25) is 14.5 Å². The first-order valence-corrected chi connectivity index (χ1v) is 11.4. The number of nitrogens with zero attached hydrogens (tertiary/aromatic N) is 2. The number of aryl methyl sites for hydroxylation is 1.